The number of hydrogen-bond donors (Lipinski definition) is 0. The molecule has 1 fully saturated rings. The van der Waals surface area contributed by atoms with Gasteiger partial charge in [-0.25, -0.2) is 4.98 Å². The summed E-state index contributed by atoms with van der Waals surface area (Å²) < 4.78 is 6.21. The lowest BCUT2D eigenvalue weighted by atomic mass is 9.74. The first kappa shape index (κ1) is 12.0. The first-order valence-electron chi connectivity index (χ1n) is 6.44. The summed E-state index contributed by atoms with van der Waals surface area (Å²) in [5, 5.41) is 0.485. The molecule has 4 heteroatoms. The van der Waals surface area contributed by atoms with Crippen molar-refractivity contribution in [2.75, 3.05) is 0 Å². The normalized spacial score (nSPS) is 18.6. The van der Waals surface area contributed by atoms with E-state index in [9.17, 15) is 0 Å². The van der Waals surface area contributed by atoms with Crippen LogP contribution >= 0.6 is 11.6 Å². The Morgan fingerprint density at radius 2 is 2.17 bits per heavy atom. The van der Waals surface area contributed by atoms with Gasteiger partial charge in [0.1, 0.15) is 16.5 Å². The van der Waals surface area contributed by atoms with Crippen LogP contribution in [0.15, 0.2) is 11.1 Å². The molecule has 2 heterocycles. The summed E-state index contributed by atoms with van der Waals surface area (Å²) in [7, 11) is 0. The molecule has 0 saturated heterocycles. The molecule has 2 aliphatic rings. The van der Waals surface area contributed by atoms with Crippen LogP contribution in [-0.2, 0) is 6.54 Å². The highest BCUT2D eigenvalue weighted by molar-refractivity contribution is 6.29. The van der Waals surface area contributed by atoms with E-state index >= 15 is 0 Å². The second-order valence-corrected chi connectivity index (χ2v) is 5.99. The van der Waals surface area contributed by atoms with E-state index in [1.165, 1.54) is 19.3 Å². The molecule has 0 aromatic carbocycles. The number of fused-ring (bicyclic) bond motifs is 1. The third kappa shape index (κ3) is 2.01. The van der Waals surface area contributed by atoms with Crippen molar-refractivity contribution in [1.82, 2.24) is 4.98 Å². The zero-order valence-corrected chi connectivity index (χ0v) is 11.5. The number of rotatable bonds is 3. The molecular formula is C14H17ClN2O. The fourth-order valence-electron chi connectivity index (χ4n) is 2.59. The highest BCUT2D eigenvalue weighted by Gasteiger charge is 2.36. The molecule has 0 N–H and O–H groups in total. The van der Waals surface area contributed by atoms with Crippen LogP contribution < -0.4 is 4.74 Å². The number of hydrogen-bond acceptors (Lipinski definition) is 3. The summed E-state index contributed by atoms with van der Waals surface area (Å²) in [6, 6.07) is 1.80. The van der Waals surface area contributed by atoms with Crippen molar-refractivity contribution in [2.45, 2.75) is 45.3 Å². The Hall–Kier alpha value is -1.09. The monoisotopic (exact) mass is 264 g/mol. The van der Waals surface area contributed by atoms with Crippen molar-refractivity contribution in [3.05, 3.63) is 22.5 Å². The summed E-state index contributed by atoms with van der Waals surface area (Å²) in [4.78, 5) is 8.52. The number of nitrogens with zero attached hydrogens (tertiary/aromatic N) is 2. The van der Waals surface area contributed by atoms with Gasteiger partial charge in [0.25, 0.3) is 0 Å². The SMILES string of the molecule is CC(C)(Oc1cc(Cl)nc2c1C=NC2)C1CCC1. The fraction of sp³-hybridized carbons (Fsp3) is 0.571. The predicted octanol–water partition coefficient (Wildman–Crippen LogP) is 3.63. The minimum absolute atomic E-state index is 0.146. The minimum atomic E-state index is -0.146. The highest BCUT2D eigenvalue weighted by atomic mass is 35.5. The van der Waals surface area contributed by atoms with E-state index in [2.05, 4.69) is 23.8 Å². The summed E-state index contributed by atoms with van der Waals surface area (Å²) in [5.41, 5.74) is 1.77. The number of halogens is 1. The van der Waals surface area contributed by atoms with Gasteiger partial charge in [-0.3, -0.25) is 4.99 Å². The van der Waals surface area contributed by atoms with Crippen LogP contribution in [0.2, 0.25) is 5.15 Å². The molecule has 0 radical (unpaired) electrons. The number of ether oxygens (including phenoxy) is 1. The lowest BCUT2D eigenvalue weighted by molar-refractivity contribution is 0.00490. The van der Waals surface area contributed by atoms with E-state index in [0.29, 0.717) is 17.6 Å². The maximum absolute atomic E-state index is 6.21. The molecule has 0 amide bonds. The number of pyridine rings is 1. The average molecular weight is 265 g/mol. The number of aromatic nitrogens is 1. The van der Waals surface area contributed by atoms with Gasteiger partial charge in [0.2, 0.25) is 0 Å². The lowest BCUT2D eigenvalue weighted by Gasteiger charge is -2.40. The molecular weight excluding hydrogens is 248 g/mol. The van der Waals surface area contributed by atoms with E-state index < -0.39 is 0 Å². The summed E-state index contributed by atoms with van der Waals surface area (Å²) in [6.45, 7) is 4.92. The van der Waals surface area contributed by atoms with Crippen molar-refractivity contribution >= 4 is 17.8 Å². The third-order valence-electron chi connectivity index (χ3n) is 3.99. The van der Waals surface area contributed by atoms with Gasteiger partial charge < -0.3 is 4.74 Å². The zero-order valence-electron chi connectivity index (χ0n) is 10.7. The summed E-state index contributed by atoms with van der Waals surface area (Å²) in [5.74, 6) is 1.46. The van der Waals surface area contributed by atoms with Gasteiger partial charge in [-0.05, 0) is 32.6 Å². The van der Waals surface area contributed by atoms with Gasteiger partial charge in [0, 0.05) is 12.3 Å². The molecule has 3 rings (SSSR count). The van der Waals surface area contributed by atoms with Gasteiger partial charge in [-0.1, -0.05) is 18.0 Å². The second kappa shape index (κ2) is 4.23. The van der Waals surface area contributed by atoms with Crippen molar-refractivity contribution in [3.63, 3.8) is 0 Å². The van der Waals surface area contributed by atoms with Crippen LogP contribution in [0.25, 0.3) is 0 Å². The molecule has 0 bridgehead atoms. The van der Waals surface area contributed by atoms with E-state index in [-0.39, 0.29) is 5.60 Å². The Kier molecular flexibility index (Phi) is 2.81. The molecule has 1 aromatic rings. The van der Waals surface area contributed by atoms with Crippen LogP contribution in [0.3, 0.4) is 0 Å². The quantitative estimate of drug-likeness (QED) is 0.782. The van der Waals surface area contributed by atoms with E-state index in [0.717, 1.165) is 17.0 Å². The molecule has 96 valence electrons. The van der Waals surface area contributed by atoms with Gasteiger partial charge in [-0.15, -0.1) is 0 Å². The predicted molar refractivity (Wildman–Crippen MR) is 72.6 cm³/mol. The Labute approximate surface area is 112 Å². The largest absolute Gasteiger partial charge is 0.487 e. The van der Waals surface area contributed by atoms with Crippen molar-refractivity contribution in [3.8, 4) is 5.75 Å². The smallest absolute Gasteiger partial charge is 0.133 e. The average Bonchev–Trinajstić information content (AvgIpc) is 2.60. The molecule has 18 heavy (non-hydrogen) atoms. The molecule has 0 spiro atoms. The molecule has 0 unspecified atom stereocenters. The minimum Gasteiger partial charge on any atom is -0.487 e. The van der Waals surface area contributed by atoms with Gasteiger partial charge in [0.05, 0.1) is 17.8 Å². The van der Waals surface area contributed by atoms with Crippen LogP contribution in [0.4, 0.5) is 0 Å². The maximum Gasteiger partial charge on any atom is 0.133 e. The standard InChI is InChI=1S/C14H17ClN2O/c1-14(2,9-4-3-5-9)18-12-6-13(15)17-11-8-16-7-10(11)12/h6-7,9H,3-5,8H2,1-2H3. The highest BCUT2D eigenvalue weighted by Crippen LogP contribution is 2.40. The maximum atomic E-state index is 6.21. The number of aliphatic imine (C=N–C) groups is 1. The Bertz CT molecular complexity index is 507. The summed E-state index contributed by atoms with van der Waals surface area (Å²) >= 11 is 6.04. The van der Waals surface area contributed by atoms with Gasteiger partial charge in [-0.2, -0.15) is 0 Å². The first-order valence-corrected chi connectivity index (χ1v) is 6.82. The van der Waals surface area contributed by atoms with Crippen molar-refractivity contribution in [2.24, 2.45) is 10.9 Å². The third-order valence-corrected chi connectivity index (χ3v) is 4.18. The van der Waals surface area contributed by atoms with E-state index in [1.54, 1.807) is 6.07 Å². The second-order valence-electron chi connectivity index (χ2n) is 5.61. The van der Waals surface area contributed by atoms with Crippen molar-refractivity contribution in [1.29, 1.82) is 0 Å². The van der Waals surface area contributed by atoms with E-state index in [4.69, 9.17) is 16.3 Å². The lowest BCUT2D eigenvalue weighted by Crippen LogP contribution is -2.41. The molecule has 1 aliphatic carbocycles. The van der Waals surface area contributed by atoms with Gasteiger partial charge >= 0.3 is 0 Å². The zero-order chi connectivity index (χ0) is 12.8. The Balaban J connectivity index is 1.90. The van der Waals surface area contributed by atoms with Crippen molar-refractivity contribution < 1.29 is 4.74 Å². The molecule has 1 aliphatic heterocycles. The Morgan fingerprint density at radius 1 is 1.39 bits per heavy atom. The van der Waals surface area contributed by atoms with Gasteiger partial charge in [0.15, 0.2) is 0 Å². The van der Waals surface area contributed by atoms with Crippen LogP contribution in [-0.4, -0.2) is 16.8 Å². The first-order chi connectivity index (χ1) is 8.56. The van der Waals surface area contributed by atoms with Crippen LogP contribution in [0.1, 0.15) is 44.4 Å². The summed E-state index contributed by atoms with van der Waals surface area (Å²) in [6.07, 6.45) is 5.66. The topological polar surface area (TPSA) is 34.5 Å². The van der Waals surface area contributed by atoms with E-state index in [1.807, 2.05) is 6.21 Å². The Morgan fingerprint density at radius 3 is 2.83 bits per heavy atom. The molecule has 3 nitrogen and oxygen atoms in total. The molecule has 1 saturated carbocycles. The fourth-order valence-corrected chi connectivity index (χ4v) is 2.79. The molecule has 1 aromatic heterocycles. The molecule has 0 atom stereocenters. The van der Waals surface area contributed by atoms with Crippen LogP contribution in [0.5, 0.6) is 5.75 Å². The van der Waals surface area contributed by atoms with Crippen LogP contribution in [0, 0.1) is 5.92 Å².